The van der Waals surface area contributed by atoms with Gasteiger partial charge in [0, 0.05) is 32.6 Å². The van der Waals surface area contributed by atoms with Gasteiger partial charge in [-0.05, 0) is 64.4 Å². The van der Waals surface area contributed by atoms with Crippen LogP contribution < -0.4 is 4.74 Å². The molecule has 0 aliphatic carbocycles. The van der Waals surface area contributed by atoms with Crippen LogP contribution in [0.5, 0.6) is 5.75 Å². The molecule has 0 aromatic heterocycles. The highest BCUT2D eigenvalue weighted by molar-refractivity contribution is 5.81. The third kappa shape index (κ3) is 5.69. The van der Waals surface area contributed by atoms with Gasteiger partial charge in [-0.2, -0.15) is 0 Å². The minimum absolute atomic E-state index is 0.00898. The molecule has 1 aliphatic rings. The molecule has 1 aliphatic heterocycles. The average Bonchev–Trinajstić information content (AvgIpc) is 2.71. The molecule has 1 aromatic rings. The number of amides is 2. The maximum atomic E-state index is 13.9. The molecule has 162 valence electrons. The van der Waals surface area contributed by atoms with Gasteiger partial charge in [0.1, 0.15) is 0 Å². The summed E-state index contributed by atoms with van der Waals surface area (Å²) in [5.41, 5.74) is 0.715. The molecule has 2 amide bonds. The van der Waals surface area contributed by atoms with E-state index in [-0.39, 0.29) is 35.6 Å². The third-order valence-corrected chi connectivity index (χ3v) is 5.92. The van der Waals surface area contributed by atoms with Gasteiger partial charge in [-0.3, -0.25) is 14.5 Å². The third-order valence-electron chi connectivity index (χ3n) is 5.92. The van der Waals surface area contributed by atoms with Gasteiger partial charge in [0.25, 0.3) is 0 Å². The molecule has 1 heterocycles. The summed E-state index contributed by atoms with van der Waals surface area (Å²) in [7, 11) is 5.00. The Morgan fingerprint density at radius 2 is 1.83 bits per heavy atom. The van der Waals surface area contributed by atoms with E-state index in [1.54, 1.807) is 29.0 Å². The van der Waals surface area contributed by atoms with E-state index >= 15 is 0 Å². The lowest BCUT2D eigenvalue weighted by molar-refractivity contribution is -0.139. The van der Waals surface area contributed by atoms with Crippen molar-refractivity contribution < 1.29 is 18.7 Å². The Kier molecular flexibility index (Phi) is 8.02. The maximum absolute atomic E-state index is 13.9. The van der Waals surface area contributed by atoms with E-state index < -0.39 is 5.82 Å². The van der Waals surface area contributed by atoms with Crippen LogP contribution in [0.1, 0.15) is 39.2 Å². The number of rotatable bonds is 7. The van der Waals surface area contributed by atoms with Gasteiger partial charge in [0.05, 0.1) is 13.2 Å². The van der Waals surface area contributed by atoms with Crippen LogP contribution in [0.2, 0.25) is 0 Å². The Labute approximate surface area is 173 Å². The smallest absolute Gasteiger partial charge is 0.239 e. The lowest BCUT2D eigenvalue weighted by atomic mass is 9.94. The number of methoxy groups -OCH3 is 1. The predicted octanol–water partition coefficient (Wildman–Crippen LogP) is 2.76. The second-order valence-corrected chi connectivity index (χ2v) is 8.19. The highest BCUT2D eigenvalue weighted by atomic mass is 19.1. The van der Waals surface area contributed by atoms with Gasteiger partial charge in [-0.25, -0.2) is 4.39 Å². The van der Waals surface area contributed by atoms with Crippen molar-refractivity contribution in [3.63, 3.8) is 0 Å². The van der Waals surface area contributed by atoms with Crippen LogP contribution in [0.25, 0.3) is 0 Å². The van der Waals surface area contributed by atoms with E-state index in [0.717, 1.165) is 25.9 Å². The summed E-state index contributed by atoms with van der Waals surface area (Å²) < 4.78 is 18.8. The molecule has 29 heavy (non-hydrogen) atoms. The Morgan fingerprint density at radius 3 is 2.34 bits per heavy atom. The van der Waals surface area contributed by atoms with Crippen molar-refractivity contribution in [2.24, 2.45) is 5.92 Å². The highest BCUT2D eigenvalue weighted by Crippen LogP contribution is 2.23. The molecule has 6 nitrogen and oxygen atoms in total. The largest absolute Gasteiger partial charge is 0.494 e. The lowest BCUT2D eigenvalue weighted by Crippen LogP contribution is -2.50. The number of ether oxygens (including phenoxy) is 1. The van der Waals surface area contributed by atoms with Gasteiger partial charge in [-0.15, -0.1) is 0 Å². The first-order valence-corrected chi connectivity index (χ1v) is 10.2. The van der Waals surface area contributed by atoms with Gasteiger partial charge in [-0.1, -0.05) is 6.07 Å². The van der Waals surface area contributed by atoms with E-state index in [2.05, 4.69) is 4.90 Å². The van der Waals surface area contributed by atoms with Crippen molar-refractivity contribution in [3.05, 3.63) is 29.6 Å². The molecule has 0 bridgehead atoms. The average molecular weight is 408 g/mol. The summed E-state index contributed by atoms with van der Waals surface area (Å²) in [6.45, 7) is 7.70. The number of carbonyl (C=O) groups is 2. The van der Waals surface area contributed by atoms with Crippen molar-refractivity contribution in [3.8, 4) is 5.75 Å². The fraction of sp³-hybridized carbons (Fsp3) is 0.636. The molecule has 1 unspecified atom stereocenters. The molecule has 0 N–H and O–H groups in total. The van der Waals surface area contributed by atoms with Crippen LogP contribution in [-0.2, 0) is 16.1 Å². The Balaban J connectivity index is 1.90. The molecular weight excluding hydrogens is 373 g/mol. The summed E-state index contributed by atoms with van der Waals surface area (Å²) in [5, 5.41) is 0. The van der Waals surface area contributed by atoms with Crippen LogP contribution in [-0.4, -0.2) is 72.9 Å². The monoisotopic (exact) mass is 407 g/mol. The first kappa shape index (κ1) is 23.1. The zero-order valence-corrected chi connectivity index (χ0v) is 18.4. The number of nitrogens with zero attached hydrogens (tertiary/aromatic N) is 3. The fourth-order valence-corrected chi connectivity index (χ4v) is 3.71. The SMILES string of the molecule is COc1ccc(CN(C)C(=O)C(C)N2CCC(C(=O)N(C)C(C)C)CC2)cc1F. The van der Waals surface area contributed by atoms with E-state index in [9.17, 15) is 14.0 Å². The van der Waals surface area contributed by atoms with Crippen molar-refractivity contribution in [1.82, 2.24) is 14.7 Å². The standard InChI is InChI=1S/C22H34FN3O3/c1-15(2)25(5)22(28)18-9-11-26(12-10-18)16(3)21(27)24(4)14-17-7-8-20(29-6)19(23)13-17/h7-8,13,15-16,18H,9-12,14H2,1-6H3. The van der Waals surface area contributed by atoms with Crippen LogP contribution in [0, 0.1) is 11.7 Å². The number of benzene rings is 1. The van der Waals surface area contributed by atoms with Crippen LogP contribution >= 0.6 is 0 Å². The Hall–Kier alpha value is -2.15. The molecular formula is C22H34FN3O3. The van der Waals surface area contributed by atoms with Gasteiger partial charge in [0.15, 0.2) is 11.6 Å². The predicted molar refractivity (Wildman–Crippen MR) is 111 cm³/mol. The minimum atomic E-state index is -0.433. The quantitative estimate of drug-likeness (QED) is 0.698. The minimum Gasteiger partial charge on any atom is -0.494 e. The Bertz CT molecular complexity index is 717. The zero-order valence-electron chi connectivity index (χ0n) is 18.4. The van der Waals surface area contributed by atoms with Crippen LogP contribution in [0.15, 0.2) is 18.2 Å². The summed E-state index contributed by atoms with van der Waals surface area (Å²) in [6.07, 6.45) is 1.53. The normalized spacial score (nSPS) is 16.6. The molecule has 1 saturated heterocycles. The van der Waals surface area contributed by atoms with Crippen molar-refractivity contribution in [1.29, 1.82) is 0 Å². The molecule has 1 aromatic carbocycles. The number of likely N-dealkylation sites (N-methyl/N-ethyl adjacent to an activating group) is 1. The van der Waals surface area contributed by atoms with Crippen molar-refractivity contribution in [2.45, 2.75) is 52.2 Å². The van der Waals surface area contributed by atoms with Crippen LogP contribution in [0.4, 0.5) is 4.39 Å². The number of likely N-dealkylation sites (tertiary alicyclic amines) is 1. The highest BCUT2D eigenvalue weighted by Gasteiger charge is 2.32. The van der Waals surface area contributed by atoms with Crippen molar-refractivity contribution in [2.75, 3.05) is 34.3 Å². The molecule has 1 fully saturated rings. The van der Waals surface area contributed by atoms with Gasteiger partial charge in [0.2, 0.25) is 11.8 Å². The summed E-state index contributed by atoms with van der Waals surface area (Å²) >= 11 is 0. The number of piperidine rings is 1. The molecule has 2 rings (SSSR count). The van der Waals surface area contributed by atoms with E-state index in [0.29, 0.717) is 12.1 Å². The van der Waals surface area contributed by atoms with Gasteiger partial charge >= 0.3 is 0 Å². The van der Waals surface area contributed by atoms with Crippen molar-refractivity contribution >= 4 is 11.8 Å². The topological polar surface area (TPSA) is 53.1 Å². The van der Waals surface area contributed by atoms with E-state index in [1.165, 1.54) is 13.2 Å². The first-order valence-electron chi connectivity index (χ1n) is 10.2. The summed E-state index contributed by atoms with van der Waals surface area (Å²) in [4.78, 5) is 30.9. The second kappa shape index (κ2) is 10.1. The molecule has 0 radical (unpaired) electrons. The van der Waals surface area contributed by atoms with Gasteiger partial charge < -0.3 is 14.5 Å². The fourth-order valence-electron chi connectivity index (χ4n) is 3.71. The molecule has 0 saturated carbocycles. The second-order valence-electron chi connectivity index (χ2n) is 8.19. The number of hydrogen-bond acceptors (Lipinski definition) is 4. The Morgan fingerprint density at radius 1 is 1.21 bits per heavy atom. The number of hydrogen-bond donors (Lipinski definition) is 0. The summed E-state index contributed by atoms with van der Waals surface area (Å²) in [5.74, 6) is -0.0304. The molecule has 1 atom stereocenters. The van der Waals surface area contributed by atoms with E-state index in [4.69, 9.17) is 4.74 Å². The van der Waals surface area contributed by atoms with Crippen LogP contribution in [0.3, 0.4) is 0 Å². The number of carbonyl (C=O) groups excluding carboxylic acids is 2. The summed E-state index contributed by atoms with van der Waals surface area (Å²) in [6, 6.07) is 4.65. The van der Waals surface area contributed by atoms with E-state index in [1.807, 2.05) is 27.8 Å². The molecule has 7 heteroatoms. The zero-order chi connectivity index (χ0) is 21.7. The number of halogens is 1. The molecule has 0 spiro atoms. The lowest BCUT2D eigenvalue weighted by Gasteiger charge is -2.37. The first-order chi connectivity index (χ1) is 13.6. The maximum Gasteiger partial charge on any atom is 0.239 e.